The summed E-state index contributed by atoms with van der Waals surface area (Å²) in [5, 5.41) is 3.26. The molecule has 3 nitrogen and oxygen atoms in total. The Morgan fingerprint density at radius 2 is 2.07 bits per heavy atom. The first-order chi connectivity index (χ1) is 6.84. The number of rotatable bonds is 1. The highest BCUT2D eigenvalue weighted by Crippen LogP contribution is 2.39. The van der Waals surface area contributed by atoms with Crippen LogP contribution in [0.4, 0.5) is 5.13 Å². The van der Waals surface area contributed by atoms with Gasteiger partial charge < -0.3 is 10.6 Å². The molecule has 2 aliphatic heterocycles. The largest absolute Gasteiger partial charge is 0.342 e. The topological polar surface area (TPSA) is 42.1 Å². The second kappa shape index (κ2) is 3.21. The van der Waals surface area contributed by atoms with Gasteiger partial charge in [-0.1, -0.05) is 0 Å². The Morgan fingerprint density at radius 3 is 2.64 bits per heavy atom. The van der Waals surface area contributed by atoms with Gasteiger partial charge in [-0.25, -0.2) is 4.98 Å². The third kappa shape index (κ3) is 1.25. The Morgan fingerprint density at radius 1 is 1.36 bits per heavy atom. The van der Waals surface area contributed by atoms with Crippen molar-refractivity contribution >= 4 is 16.5 Å². The van der Waals surface area contributed by atoms with Gasteiger partial charge in [0.1, 0.15) is 0 Å². The monoisotopic (exact) mass is 209 g/mol. The molecule has 0 radical (unpaired) electrons. The molecule has 1 aromatic rings. The average Bonchev–Trinajstić information content (AvgIpc) is 2.72. The van der Waals surface area contributed by atoms with E-state index >= 15 is 0 Å². The number of anilines is 1. The maximum Gasteiger partial charge on any atom is 0.185 e. The predicted octanol–water partition coefficient (Wildman–Crippen LogP) is 1.60. The minimum Gasteiger partial charge on any atom is -0.342 e. The van der Waals surface area contributed by atoms with E-state index in [4.69, 9.17) is 5.73 Å². The van der Waals surface area contributed by atoms with Gasteiger partial charge >= 0.3 is 0 Å². The number of thiazole rings is 1. The molecule has 0 aromatic carbocycles. The van der Waals surface area contributed by atoms with Crippen LogP contribution in [-0.4, -0.2) is 23.1 Å². The molecule has 2 N–H and O–H groups in total. The maximum absolute atomic E-state index is 6.03. The van der Waals surface area contributed by atoms with Gasteiger partial charge in [-0.05, 0) is 25.7 Å². The van der Waals surface area contributed by atoms with Crippen molar-refractivity contribution < 1.29 is 0 Å². The number of hydrogen-bond donors (Lipinski definition) is 1. The fourth-order valence-corrected chi connectivity index (χ4v) is 3.66. The van der Waals surface area contributed by atoms with Gasteiger partial charge in [0.2, 0.25) is 0 Å². The zero-order chi connectivity index (χ0) is 9.54. The highest BCUT2D eigenvalue weighted by atomic mass is 32.1. The molecule has 3 rings (SSSR count). The van der Waals surface area contributed by atoms with E-state index in [-0.39, 0.29) is 0 Å². The van der Waals surface area contributed by atoms with Crippen molar-refractivity contribution in [1.82, 2.24) is 4.98 Å². The predicted molar refractivity (Wildman–Crippen MR) is 58.6 cm³/mol. The van der Waals surface area contributed by atoms with E-state index in [2.05, 4.69) is 15.3 Å². The van der Waals surface area contributed by atoms with Crippen molar-refractivity contribution in [3.63, 3.8) is 0 Å². The molecule has 2 atom stereocenters. The quantitative estimate of drug-likeness (QED) is 0.764. The normalized spacial score (nSPS) is 36.4. The molecule has 2 fully saturated rings. The van der Waals surface area contributed by atoms with Crippen molar-refractivity contribution in [2.45, 2.75) is 43.8 Å². The molecule has 2 saturated heterocycles. The Labute approximate surface area is 87.9 Å². The van der Waals surface area contributed by atoms with Crippen molar-refractivity contribution in [2.24, 2.45) is 5.73 Å². The van der Waals surface area contributed by atoms with E-state index in [1.807, 2.05) is 6.20 Å². The van der Waals surface area contributed by atoms with Crippen LogP contribution in [0.2, 0.25) is 0 Å². The summed E-state index contributed by atoms with van der Waals surface area (Å²) in [5.74, 6) is 0. The van der Waals surface area contributed by atoms with Gasteiger partial charge in [-0.2, -0.15) is 0 Å². The SMILES string of the molecule is NC1CC2CCC(C1)N2c1nccs1. The van der Waals surface area contributed by atoms with Crippen LogP contribution < -0.4 is 10.6 Å². The lowest BCUT2D eigenvalue weighted by atomic mass is 9.99. The molecule has 1 aromatic heterocycles. The smallest absolute Gasteiger partial charge is 0.185 e. The molecular weight excluding hydrogens is 194 g/mol. The standard InChI is InChI=1S/C10H15N3S/c11-7-5-8-1-2-9(6-7)13(8)10-12-3-4-14-10/h3-4,7-9H,1-2,5-6,11H2. The van der Waals surface area contributed by atoms with Gasteiger partial charge in [0, 0.05) is 29.7 Å². The van der Waals surface area contributed by atoms with Crippen molar-refractivity contribution in [2.75, 3.05) is 4.90 Å². The third-order valence-electron chi connectivity index (χ3n) is 3.41. The minimum absolute atomic E-state index is 0.420. The highest BCUT2D eigenvalue weighted by molar-refractivity contribution is 7.13. The van der Waals surface area contributed by atoms with Crippen LogP contribution in [-0.2, 0) is 0 Å². The molecule has 14 heavy (non-hydrogen) atoms. The van der Waals surface area contributed by atoms with E-state index in [0.717, 1.165) is 12.8 Å². The number of hydrogen-bond acceptors (Lipinski definition) is 4. The van der Waals surface area contributed by atoms with E-state index < -0.39 is 0 Å². The van der Waals surface area contributed by atoms with Gasteiger partial charge in [-0.15, -0.1) is 11.3 Å². The summed E-state index contributed by atoms with van der Waals surface area (Å²) in [5.41, 5.74) is 6.03. The Bertz CT molecular complexity index is 297. The molecule has 2 aliphatic rings. The Hall–Kier alpha value is -0.610. The summed E-state index contributed by atoms with van der Waals surface area (Å²) >= 11 is 1.75. The second-order valence-corrected chi connectivity index (χ2v) is 5.21. The minimum atomic E-state index is 0.420. The van der Waals surface area contributed by atoms with Crippen molar-refractivity contribution in [3.05, 3.63) is 11.6 Å². The molecular formula is C10H15N3S. The van der Waals surface area contributed by atoms with Crippen LogP contribution in [0, 0.1) is 0 Å². The lowest BCUT2D eigenvalue weighted by Crippen LogP contribution is -2.47. The summed E-state index contributed by atoms with van der Waals surface area (Å²) in [6, 6.07) is 1.74. The summed E-state index contributed by atoms with van der Waals surface area (Å²) in [7, 11) is 0. The molecule has 0 spiro atoms. The number of aromatic nitrogens is 1. The van der Waals surface area contributed by atoms with E-state index in [9.17, 15) is 0 Å². The number of piperidine rings is 1. The summed E-state index contributed by atoms with van der Waals surface area (Å²) in [6.45, 7) is 0. The lowest BCUT2D eigenvalue weighted by molar-refractivity contribution is 0.414. The molecule has 2 bridgehead atoms. The zero-order valence-corrected chi connectivity index (χ0v) is 8.91. The number of nitrogens with two attached hydrogens (primary N) is 1. The fourth-order valence-electron chi connectivity index (χ4n) is 2.87. The maximum atomic E-state index is 6.03. The van der Waals surface area contributed by atoms with Gasteiger partial charge in [-0.3, -0.25) is 0 Å². The summed E-state index contributed by atoms with van der Waals surface area (Å²) in [6.07, 6.45) is 6.80. The molecule has 2 unspecified atom stereocenters. The summed E-state index contributed by atoms with van der Waals surface area (Å²) in [4.78, 5) is 6.92. The molecule has 3 heterocycles. The first kappa shape index (κ1) is 8.68. The first-order valence-corrected chi connectivity index (χ1v) is 6.16. The van der Waals surface area contributed by atoms with Crippen LogP contribution in [0.3, 0.4) is 0 Å². The number of nitrogens with zero attached hydrogens (tertiary/aromatic N) is 2. The lowest BCUT2D eigenvalue weighted by Gasteiger charge is -2.37. The average molecular weight is 209 g/mol. The summed E-state index contributed by atoms with van der Waals surface area (Å²) < 4.78 is 0. The van der Waals surface area contributed by atoms with Gasteiger partial charge in [0.05, 0.1) is 0 Å². The zero-order valence-electron chi connectivity index (χ0n) is 8.10. The third-order valence-corrected chi connectivity index (χ3v) is 4.19. The molecule has 0 aliphatic carbocycles. The highest BCUT2D eigenvalue weighted by Gasteiger charge is 2.40. The van der Waals surface area contributed by atoms with Crippen molar-refractivity contribution in [1.29, 1.82) is 0 Å². The Balaban J connectivity index is 1.88. The Kier molecular flexibility index (Phi) is 1.99. The molecule has 0 amide bonds. The molecule has 76 valence electrons. The molecule has 0 saturated carbocycles. The van der Waals surface area contributed by atoms with E-state index in [1.165, 1.54) is 18.0 Å². The van der Waals surface area contributed by atoms with E-state index in [0.29, 0.717) is 18.1 Å². The fraction of sp³-hybridized carbons (Fsp3) is 0.700. The molecule has 4 heteroatoms. The van der Waals surface area contributed by atoms with Crippen molar-refractivity contribution in [3.8, 4) is 0 Å². The van der Waals surface area contributed by atoms with Gasteiger partial charge in [0.15, 0.2) is 5.13 Å². The van der Waals surface area contributed by atoms with Crippen LogP contribution in [0.1, 0.15) is 25.7 Å². The van der Waals surface area contributed by atoms with Crippen LogP contribution in [0.15, 0.2) is 11.6 Å². The van der Waals surface area contributed by atoms with Gasteiger partial charge in [0.25, 0.3) is 0 Å². The first-order valence-electron chi connectivity index (χ1n) is 5.28. The number of fused-ring (bicyclic) bond motifs is 2. The van der Waals surface area contributed by atoms with Crippen LogP contribution in [0.5, 0.6) is 0 Å². The second-order valence-electron chi connectivity index (χ2n) is 4.34. The van der Waals surface area contributed by atoms with E-state index in [1.54, 1.807) is 11.3 Å². The van der Waals surface area contributed by atoms with Crippen LogP contribution >= 0.6 is 11.3 Å². The van der Waals surface area contributed by atoms with Crippen LogP contribution in [0.25, 0.3) is 0 Å².